The number of halogens is 1. The molecular formula is C18H17ClN4O. The first-order valence-corrected chi connectivity index (χ1v) is 7.86. The van der Waals surface area contributed by atoms with Crippen LogP contribution in [0, 0.1) is 0 Å². The second kappa shape index (κ2) is 7.19. The summed E-state index contributed by atoms with van der Waals surface area (Å²) in [5.41, 5.74) is 2.59. The van der Waals surface area contributed by atoms with Gasteiger partial charge in [0.05, 0.1) is 18.4 Å². The van der Waals surface area contributed by atoms with E-state index < -0.39 is 0 Å². The van der Waals surface area contributed by atoms with Crippen molar-refractivity contribution in [1.82, 2.24) is 14.7 Å². The van der Waals surface area contributed by atoms with Crippen molar-refractivity contribution in [3.05, 3.63) is 77.6 Å². The number of carbonyl (C=O) groups excluding carboxylic acids is 1. The first-order valence-electron chi connectivity index (χ1n) is 7.48. The molecule has 0 aliphatic heterocycles. The molecule has 2 amide bonds. The van der Waals surface area contributed by atoms with Crippen LogP contribution in [0.15, 0.2) is 67.0 Å². The van der Waals surface area contributed by atoms with Crippen LogP contribution < -0.4 is 5.32 Å². The molecule has 122 valence electrons. The number of benzene rings is 2. The van der Waals surface area contributed by atoms with E-state index in [1.807, 2.05) is 36.5 Å². The number of para-hydroxylation sites is 1. The Labute approximate surface area is 145 Å². The third-order valence-electron chi connectivity index (χ3n) is 3.50. The number of nitrogens with zero attached hydrogens (tertiary/aromatic N) is 3. The van der Waals surface area contributed by atoms with Crippen molar-refractivity contribution in [3.8, 4) is 5.69 Å². The second-order valence-electron chi connectivity index (χ2n) is 5.43. The lowest BCUT2D eigenvalue weighted by molar-refractivity contribution is 0.220. The van der Waals surface area contributed by atoms with E-state index in [4.69, 9.17) is 11.6 Å². The average molecular weight is 341 g/mol. The van der Waals surface area contributed by atoms with E-state index in [9.17, 15) is 4.79 Å². The fourth-order valence-electron chi connectivity index (χ4n) is 2.29. The van der Waals surface area contributed by atoms with Crippen LogP contribution in [0.5, 0.6) is 0 Å². The molecule has 0 spiro atoms. The van der Waals surface area contributed by atoms with E-state index in [0.717, 1.165) is 11.3 Å². The molecule has 1 heterocycles. The minimum Gasteiger partial charge on any atom is -0.323 e. The molecule has 5 nitrogen and oxygen atoms in total. The third kappa shape index (κ3) is 3.94. The van der Waals surface area contributed by atoms with Crippen LogP contribution in [0.1, 0.15) is 5.56 Å². The molecule has 24 heavy (non-hydrogen) atoms. The summed E-state index contributed by atoms with van der Waals surface area (Å²) in [6.45, 7) is 0.458. The van der Waals surface area contributed by atoms with Crippen LogP contribution >= 0.6 is 11.6 Å². The van der Waals surface area contributed by atoms with Crippen molar-refractivity contribution >= 4 is 23.3 Å². The zero-order valence-corrected chi connectivity index (χ0v) is 13.9. The Morgan fingerprint density at radius 2 is 2.00 bits per heavy atom. The number of rotatable bonds is 4. The minimum atomic E-state index is -0.204. The summed E-state index contributed by atoms with van der Waals surface area (Å²) < 4.78 is 1.79. The van der Waals surface area contributed by atoms with E-state index >= 15 is 0 Å². The van der Waals surface area contributed by atoms with Gasteiger partial charge in [0.2, 0.25) is 0 Å². The molecule has 0 saturated heterocycles. The Balaban J connectivity index is 1.63. The number of aromatic nitrogens is 2. The predicted molar refractivity (Wildman–Crippen MR) is 95.5 cm³/mol. The molecule has 0 fully saturated rings. The van der Waals surface area contributed by atoms with Gasteiger partial charge < -0.3 is 10.2 Å². The molecule has 6 heteroatoms. The van der Waals surface area contributed by atoms with Gasteiger partial charge in [0.1, 0.15) is 0 Å². The molecule has 0 radical (unpaired) electrons. The van der Waals surface area contributed by atoms with E-state index in [-0.39, 0.29) is 6.03 Å². The third-order valence-corrected chi connectivity index (χ3v) is 3.73. The highest BCUT2D eigenvalue weighted by Gasteiger charge is 2.11. The first-order chi connectivity index (χ1) is 11.6. The Morgan fingerprint density at radius 3 is 2.75 bits per heavy atom. The maximum absolute atomic E-state index is 12.2. The van der Waals surface area contributed by atoms with E-state index in [0.29, 0.717) is 17.3 Å². The summed E-state index contributed by atoms with van der Waals surface area (Å²) in [5.74, 6) is 0. The molecule has 0 unspecified atom stereocenters. The van der Waals surface area contributed by atoms with Gasteiger partial charge in [-0.25, -0.2) is 9.48 Å². The van der Waals surface area contributed by atoms with Crippen LogP contribution in [0.4, 0.5) is 10.5 Å². The molecule has 0 aliphatic rings. The summed E-state index contributed by atoms with van der Waals surface area (Å²) in [5, 5.41) is 7.73. The topological polar surface area (TPSA) is 50.2 Å². The maximum atomic E-state index is 12.2. The van der Waals surface area contributed by atoms with Gasteiger partial charge in [-0.15, -0.1) is 0 Å². The van der Waals surface area contributed by atoms with Crippen LogP contribution in [-0.2, 0) is 6.54 Å². The molecule has 0 bridgehead atoms. The van der Waals surface area contributed by atoms with E-state index in [1.165, 1.54) is 0 Å². The summed E-state index contributed by atoms with van der Waals surface area (Å²) >= 11 is 5.92. The summed E-state index contributed by atoms with van der Waals surface area (Å²) in [4.78, 5) is 13.8. The number of amides is 2. The Hall–Kier alpha value is -2.79. The Kier molecular flexibility index (Phi) is 4.82. The molecule has 3 rings (SSSR count). The highest BCUT2D eigenvalue weighted by atomic mass is 35.5. The zero-order valence-electron chi connectivity index (χ0n) is 13.2. The molecular weight excluding hydrogens is 324 g/mol. The highest BCUT2D eigenvalue weighted by molar-refractivity contribution is 6.30. The van der Waals surface area contributed by atoms with E-state index in [1.54, 1.807) is 47.1 Å². The molecule has 1 aromatic heterocycles. The van der Waals surface area contributed by atoms with Gasteiger partial charge >= 0.3 is 6.03 Å². The predicted octanol–water partition coefficient (Wildman–Crippen LogP) is 4.19. The van der Waals surface area contributed by atoms with Crippen LogP contribution in [0.2, 0.25) is 5.02 Å². The molecule has 0 aliphatic carbocycles. The van der Waals surface area contributed by atoms with Crippen molar-refractivity contribution < 1.29 is 4.79 Å². The Morgan fingerprint density at radius 1 is 1.21 bits per heavy atom. The zero-order chi connectivity index (χ0) is 16.9. The van der Waals surface area contributed by atoms with Crippen LogP contribution in [-0.4, -0.2) is 27.8 Å². The van der Waals surface area contributed by atoms with Gasteiger partial charge in [-0.05, 0) is 30.3 Å². The molecule has 0 atom stereocenters. The number of nitrogens with one attached hydrogen (secondary N) is 1. The fraction of sp³-hybridized carbons (Fsp3) is 0.111. The average Bonchev–Trinajstić information content (AvgIpc) is 3.04. The molecule has 3 aromatic rings. The Bertz CT molecular complexity index is 832. The second-order valence-corrected chi connectivity index (χ2v) is 5.86. The lowest BCUT2D eigenvalue weighted by atomic mass is 10.3. The molecule has 2 aromatic carbocycles. The minimum absolute atomic E-state index is 0.204. The summed E-state index contributed by atoms with van der Waals surface area (Å²) in [6, 6.07) is 16.7. The number of carbonyl (C=O) groups is 1. The smallest absolute Gasteiger partial charge is 0.321 e. The standard InChI is InChI=1S/C18H17ClN4O/c1-22(18(24)21-16-7-5-6-15(19)10-16)12-14-11-20-23(13-14)17-8-3-2-4-9-17/h2-11,13H,12H2,1H3,(H,21,24). The SMILES string of the molecule is CN(Cc1cnn(-c2ccccc2)c1)C(=O)Nc1cccc(Cl)c1. The van der Waals surface area contributed by atoms with Gasteiger partial charge in [0.25, 0.3) is 0 Å². The summed E-state index contributed by atoms with van der Waals surface area (Å²) in [6.07, 6.45) is 3.68. The van der Waals surface area contributed by atoms with Crippen LogP contribution in [0.3, 0.4) is 0 Å². The monoisotopic (exact) mass is 340 g/mol. The van der Waals surface area contributed by atoms with E-state index in [2.05, 4.69) is 10.4 Å². The number of hydrogen-bond donors (Lipinski definition) is 1. The van der Waals surface area contributed by atoms with Crippen LogP contribution in [0.25, 0.3) is 5.69 Å². The number of urea groups is 1. The number of hydrogen-bond acceptors (Lipinski definition) is 2. The first kappa shape index (κ1) is 16.1. The van der Waals surface area contributed by atoms with Crippen molar-refractivity contribution in [2.75, 3.05) is 12.4 Å². The quantitative estimate of drug-likeness (QED) is 0.774. The highest BCUT2D eigenvalue weighted by Crippen LogP contribution is 2.16. The van der Waals surface area contributed by atoms with Crippen molar-refractivity contribution in [3.63, 3.8) is 0 Å². The van der Waals surface area contributed by atoms with Gasteiger partial charge in [0, 0.05) is 29.5 Å². The summed E-state index contributed by atoms with van der Waals surface area (Å²) in [7, 11) is 1.74. The molecule has 1 N–H and O–H groups in total. The van der Waals surface area contributed by atoms with Gasteiger partial charge in [-0.3, -0.25) is 0 Å². The fourth-order valence-corrected chi connectivity index (χ4v) is 2.48. The lowest BCUT2D eigenvalue weighted by Crippen LogP contribution is -2.30. The van der Waals surface area contributed by atoms with Crippen molar-refractivity contribution in [1.29, 1.82) is 0 Å². The van der Waals surface area contributed by atoms with Crippen molar-refractivity contribution in [2.45, 2.75) is 6.54 Å². The maximum Gasteiger partial charge on any atom is 0.321 e. The van der Waals surface area contributed by atoms with Gasteiger partial charge in [-0.2, -0.15) is 5.10 Å². The normalized spacial score (nSPS) is 10.4. The molecule has 0 saturated carbocycles. The number of anilines is 1. The van der Waals surface area contributed by atoms with Gasteiger partial charge in [-0.1, -0.05) is 35.9 Å². The lowest BCUT2D eigenvalue weighted by Gasteiger charge is -2.17. The van der Waals surface area contributed by atoms with Crippen molar-refractivity contribution in [2.24, 2.45) is 0 Å². The van der Waals surface area contributed by atoms with Gasteiger partial charge in [0.15, 0.2) is 0 Å². The largest absolute Gasteiger partial charge is 0.323 e.